The van der Waals surface area contributed by atoms with Crippen LogP contribution in [0.1, 0.15) is 20.8 Å². The summed E-state index contributed by atoms with van der Waals surface area (Å²) in [5.41, 5.74) is 0. The van der Waals surface area contributed by atoms with E-state index in [1.54, 1.807) is 20.8 Å². The fraction of sp³-hybridized carbons (Fsp3) is 0.600. The van der Waals surface area contributed by atoms with Crippen molar-refractivity contribution in [1.29, 1.82) is 0 Å². The second-order valence-electron chi connectivity index (χ2n) is 3.61. The Kier molecular flexibility index (Phi) is 6.06. The van der Waals surface area contributed by atoms with E-state index in [4.69, 9.17) is 4.74 Å². The lowest BCUT2D eigenvalue weighted by atomic mass is 10.2. The van der Waals surface area contributed by atoms with Crippen LogP contribution in [0.5, 0.6) is 0 Å². The number of aromatic nitrogens is 2. The van der Waals surface area contributed by atoms with Crippen molar-refractivity contribution in [3.8, 4) is 0 Å². The number of amides is 1. The van der Waals surface area contributed by atoms with Crippen LogP contribution in [0.2, 0.25) is 0 Å². The summed E-state index contributed by atoms with van der Waals surface area (Å²) in [6, 6.07) is 0. The maximum absolute atomic E-state index is 11.4. The minimum Gasteiger partial charge on any atom is -0.465 e. The summed E-state index contributed by atoms with van der Waals surface area (Å²) in [6.45, 7) is 5.72. The van der Waals surface area contributed by atoms with Crippen LogP contribution in [-0.2, 0) is 14.3 Å². The lowest BCUT2D eigenvalue weighted by Gasteiger charge is -2.02. The van der Waals surface area contributed by atoms with Gasteiger partial charge < -0.3 is 10.1 Å². The van der Waals surface area contributed by atoms with E-state index in [2.05, 4.69) is 15.5 Å². The number of thioether (sulfide) groups is 1. The zero-order chi connectivity index (χ0) is 13.5. The van der Waals surface area contributed by atoms with Gasteiger partial charge in [-0.1, -0.05) is 36.9 Å². The number of carbonyl (C=O) groups is 2. The first-order valence-corrected chi connectivity index (χ1v) is 7.26. The molecular formula is C10H15N3O3S2. The maximum atomic E-state index is 11.4. The van der Waals surface area contributed by atoms with Crippen LogP contribution in [0, 0.1) is 5.92 Å². The van der Waals surface area contributed by atoms with E-state index in [1.807, 2.05) is 0 Å². The molecule has 1 rings (SSSR count). The number of rotatable bonds is 6. The van der Waals surface area contributed by atoms with E-state index in [9.17, 15) is 9.59 Å². The highest BCUT2D eigenvalue weighted by Crippen LogP contribution is 2.25. The Morgan fingerprint density at radius 2 is 2.17 bits per heavy atom. The predicted octanol–water partition coefficient (Wildman–Crippen LogP) is 1.79. The molecule has 0 unspecified atom stereocenters. The van der Waals surface area contributed by atoms with Crippen molar-refractivity contribution in [3.05, 3.63) is 0 Å². The number of hydrogen-bond donors (Lipinski definition) is 1. The Bertz CT molecular complexity index is 420. The minimum absolute atomic E-state index is 0.104. The lowest BCUT2D eigenvalue weighted by Crippen LogP contribution is -2.17. The molecule has 1 aromatic heterocycles. The van der Waals surface area contributed by atoms with Gasteiger partial charge in [0.25, 0.3) is 0 Å². The van der Waals surface area contributed by atoms with Gasteiger partial charge in [0.15, 0.2) is 4.34 Å². The average Bonchev–Trinajstić information content (AvgIpc) is 2.74. The van der Waals surface area contributed by atoms with Gasteiger partial charge in [0.2, 0.25) is 11.0 Å². The molecule has 0 bridgehead atoms. The molecular weight excluding hydrogens is 274 g/mol. The SMILES string of the molecule is CCOC(=O)CSc1nnc(NC(=O)C(C)C)s1. The highest BCUT2D eigenvalue weighted by molar-refractivity contribution is 8.01. The monoisotopic (exact) mass is 289 g/mol. The molecule has 1 amide bonds. The highest BCUT2D eigenvalue weighted by Gasteiger charge is 2.12. The number of nitrogens with zero attached hydrogens (tertiary/aromatic N) is 2. The largest absolute Gasteiger partial charge is 0.465 e. The third-order valence-corrected chi connectivity index (χ3v) is 3.73. The summed E-state index contributed by atoms with van der Waals surface area (Å²) in [5.74, 6) is -0.302. The van der Waals surface area contributed by atoms with E-state index in [0.29, 0.717) is 16.1 Å². The Labute approximate surface area is 114 Å². The summed E-state index contributed by atoms with van der Waals surface area (Å²) < 4.78 is 5.42. The van der Waals surface area contributed by atoms with E-state index in [1.165, 1.54) is 23.1 Å². The molecule has 0 aliphatic carbocycles. The number of hydrogen-bond acceptors (Lipinski definition) is 7. The van der Waals surface area contributed by atoms with Gasteiger partial charge in [0.05, 0.1) is 12.4 Å². The van der Waals surface area contributed by atoms with E-state index in [-0.39, 0.29) is 23.5 Å². The zero-order valence-electron chi connectivity index (χ0n) is 10.4. The molecule has 0 atom stereocenters. The van der Waals surface area contributed by atoms with Crippen LogP contribution >= 0.6 is 23.1 Å². The van der Waals surface area contributed by atoms with Gasteiger partial charge in [0, 0.05) is 5.92 Å². The normalized spacial score (nSPS) is 10.4. The Morgan fingerprint density at radius 1 is 1.44 bits per heavy atom. The fourth-order valence-electron chi connectivity index (χ4n) is 0.892. The summed E-state index contributed by atoms with van der Waals surface area (Å²) in [6.07, 6.45) is 0. The Hall–Kier alpha value is -1.15. The van der Waals surface area contributed by atoms with Crippen molar-refractivity contribution in [1.82, 2.24) is 10.2 Å². The second kappa shape index (κ2) is 7.32. The first kappa shape index (κ1) is 14.9. The standard InChI is InChI=1S/C10H15N3O3S2/c1-4-16-7(14)5-17-10-13-12-9(18-10)11-8(15)6(2)3/h6H,4-5H2,1-3H3,(H,11,12,15). The number of esters is 1. The van der Waals surface area contributed by atoms with Crippen molar-refractivity contribution in [3.63, 3.8) is 0 Å². The van der Waals surface area contributed by atoms with Gasteiger partial charge >= 0.3 is 5.97 Å². The van der Waals surface area contributed by atoms with Gasteiger partial charge in [0.1, 0.15) is 0 Å². The van der Waals surface area contributed by atoms with Crippen molar-refractivity contribution >= 4 is 40.1 Å². The molecule has 0 saturated heterocycles. The third kappa shape index (κ3) is 5.01. The van der Waals surface area contributed by atoms with E-state index >= 15 is 0 Å². The van der Waals surface area contributed by atoms with Gasteiger partial charge in [-0.15, -0.1) is 10.2 Å². The summed E-state index contributed by atoms with van der Waals surface area (Å²) >= 11 is 2.48. The van der Waals surface area contributed by atoms with E-state index < -0.39 is 0 Å². The molecule has 0 aromatic carbocycles. The molecule has 0 aliphatic rings. The average molecular weight is 289 g/mol. The molecule has 0 radical (unpaired) electrons. The van der Waals surface area contributed by atoms with E-state index in [0.717, 1.165) is 0 Å². The molecule has 6 nitrogen and oxygen atoms in total. The Morgan fingerprint density at radius 3 is 2.78 bits per heavy atom. The molecule has 8 heteroatoms. The van der Waals surface area contributed by atoms with Gasteiger partial charge in [-0.25, -0.2) is 0 Å². The van der Waals surface area contributed by atoms with Crippen LogP contribution in [0.15, 0.2) is 4.34 Å². The van der Waals surface area contributed by atoms with Crippen LogP contribution in [0.25, 0.3) is 0 Å². The highest BCUT2D eigenvalue weighted by atomic mass is 32.2. The number of nitrogens with one attached hydrogen (secondary N) is 1. The quantitative estimate of drug-likeness (QED) is 0.488. The second-order valence-corrected chi connectivity index (χ2v) is 5.81. The smallest absolute Gasteiger partial charge is 0.316 e. The summed E-state index contributed by atoms with van der Waals surface area (Å²) in [4.78, 5) is 22.6. The summed E-state index contributed by atoms with van der Waals surface area (Å²) in [7, 11) is 0. The molecule has 1 heterocycles. The first-order valence-electron chi connectivity index (χ1n) is 5.45. The molecule has 1 N–H and O–H groups in total. The Balaban J connectivity index is 2.43. The molecule has 100 valence electrons. The number of carbonyl (C=O) groups excluding carboxylic acids is 2. The molecule has 0 saturated carbocycles. The zero-order valence-corrected chi connectivity index (χ0v) is 12.1. The van der Waals surface area contributed by atoms with Gasteiger partial charge in [-0.05, 0) is 6.92 Å². The maximum Gasteiger partial charge on any atom is 0.316 e. The number of ether oxygens (including phenoxy) is 1. The molecule has 1 aromatic rings. The van der Waals surface area contributed by atoms with Crippen LogP contribution in [0.3, 0.4) is 0 Å². The molecule has 0 aliphatic heterocycles. The van der Waals surface area contributed by atoms with Gasteiger partial charge in [-0.2, -0.15) is 0 Å². The topological polar surface area (TPSA) is 81.2 Å². The number of anilines is 1. The fourth-order valence-corrected chi connectivity index (χ4v) is 2.44. The van der Waals surface area contributed by atoms with Crippen molar-refractivity contribution in [2.75, 3.05) is 17.7 Å². The molecule has 0 spiro atoms. The summed E-state index contributed by atoms with van der Waals surface area (Å²) in [5, 5.41) is 10.8. The van der Waals surface area contributed by atoms with Gasteiger partial charge in [-0.3, -0.25) is 9.59 Å². The van der Waals surface area contributed by atoms with Crippen molar-refractivity contribution < 1.29 is 14.3 Å². The van der Waals surface area contributed by atoms with Crippen LogP contribution in [-0.4, -0.2) is 34.4 Å². The van der Waals surface area contributed by atoms with Crippen LogP contribution in [0.4, 0.5) is 5.13 Å². The minimum atomic E-state index is -0.287. The third-order valence-electron chi connectivity index (χ3n) is 1.78. The lowest BCUT2D eigenvalue weighted by molar-refractivity contribution is -0.139. The molecule has 18 heavy (non-hydrogen) atoms. The predicted molar refractivity (Wildman–Crippen MR) is 70.7 cm³/mol. The first-order chi connectivity index (χ1) is 8.52. The van der Waals surface area contributed by atoms with Crippen molar-refractivity contribution in [2.24, 2.45) is 5.92 Å². The molecule has 0 fully saturated rings. The van der Waals surface area contributed by atoms with Crippen molar-refractivity contribution in [2.45, 2.75) is 25.1 Å². The van der Waals surface area contributed by atoms with Crippen LogP contribution < -0.4 is 5.32 Å².